The maximum atomic E-state index is 12.5. The Morgan fingerprint density at radius 1 is 0.379 bits per heavy atom. The Hall–Kier alpha value is -2.69. The van der Waals surface area contributed by atoms with Crippen LogP contribution in [0, 0.1) is 0 Å². The summed E-state index contributed by atoms with van der Waals surface area (Å²) in [6, 6.07) is -0.654. The Labute approximate surface area is 411 Å². The zero-order valence-corrected chi connectivity index (χ0v) is 43.7. The second kappa shape index (κ2) is 56.6. The van der Waals surface area contributed by atoms with E-state index in [1.165, 1.54) is 180 Å². The van der Waals surface area contributed by atoms with Gasteiger partial charge in [0.15, 0.2) is 0 Å². The number of unbranched alkanes of at least 4 members (excludes halogenated alkanes) is 30. The van der Waals surface area contributed by atoms with E-state index in [0.29, 0.717) is 6.42 Å². The van der Waals surface area contributed by atoms with Crippen LogP contribution in [0.15, 0.2) is 97.2 Å². The average molecular weight is 917 g/mol. The van der Waals surface area contributed by atoms with Gasteiger partial charge in [0.05, 0.1) is 18.8 Å². The smallest absolute Gasteiger partial charge is 0.220 e. The molecule has 2 atom stereocenters. The first-order chi connectivity index (χ1) is 32.7. The standard InChI is InChI=1S/C62H109NO3/c1-3-5-7-9-11-13-15-17-19-21-23-25-27-29-31-33-35-37-39-41-43-45-47-49-51-53-55-57-61(65)60(59-64)63-62(66)58-56-54-52-50-48-46-44-42-40-38-36-34-32-30-28-26-24-22-20-18-16-14-12-10-8-6-4-2/h6,8,12,14,18,20,24,26,30,32,39,41,47,49,55,57,60-61,64-65H,3-5,7,9-11,13,15-17,19,21-23,25,27-29,31,33-38,40,42-46,48,50-54,56,58-59H2,1-2H3,(H,63,66)/b8-6-,14-12-,20-18-,26-24-,32-30-,41-39+,49-47+,57-55+. The van der Waals surface area contributed by atoms with Crippen molar-refractivity contribution in [3.05, 3.63) is 97.2 Å². The highest BCUT2D eigenvalue weighted by molar-refractivity contribution is 5.76. The molecular formula is C62H109NO3. The molecule has 3 N–H and O–H groups in total. The monoisotopic (exact) mass is 916 g/mol. The number of amides is 1. The highest BCUT2D eigenvalue weighted by atomic mass is 16.3. The van der Waals surface area contributed by atoms with Gasteiger partial charge >= 0.3 is 0 Å². The lowest BCUT2D eigenvalue weighted by molar-refractivity contribution is -0.123. The summed E-state index contributed by atoms with van der Waals surface area (Å²) >= 11 is 0. The van der Waals surface area contributed by atoms with Crippen LogP contribution < -0.4 is 5.32 Å². The van der Waals surface area contributed by atoms with E-state index in [2.05, 4.69) is 104 Å². The molecule has 0 spiro atoms. The van der Waals surface area contributed by atoms with Gasteiger partial charge < -0.3 is 15.5 Å². The lowest BCUT2D eigenvalue weighted by Crippen LogP contribution is -2.45. The molecule has 0 aliphatic heterocycles. The minimum Gasteiger partial charge on any atom is -0.394 e. The number of hydrogen-bond donors (Lipinski definition) is 3. The van der Waals surface area contributed by atoms with Crippen LogP contribution in [0.3, 0.4) is 0 Å². The molecule has 0 heterocycles. The first-order valence-electron chi connectivity index (χ1n) is 28.5. The van der Waals surface area contributed by atoms with Crippen molar-refractivity contribution in [3.63, 3.8) is 0 Å². The van der Waals surface area contributed by atoms with Crippen LogP contribution in [0.1, 0.15) is 271 Å². The summed E-state index contributed by atoms with van der Waals surface area (Å²) in [4.78, 5) is 12.5. The molecule has 4 heteroatoms. The van der Waals surface area contributed by atoms with Gasteiger partial charge in [-0.2, -0.15) is 0 Å². The Morgan fingerprint density at radius 2 is 0.682 bits per heavy atom. The molecule has 1 amide bonds. The molecule has 0 radical (unpaired) electrons. The van der Waals surface area contributed by atoms with Crippen LogP contribution in [0.25, 0.3) is 0 Å². The first-order valence-corrected chi connectivity index (χ1v) is 28.5. The maximum Gasteiger partial charge on any atom is 0.220 e. The van der Waals surface area contributed by atoms with Crippen LogP contribution in [0.5, 0.6) is 0 Å². The molecule has 0 fully saturated rings. The zero-order valence-electron chi connectivity index (χ0n) is 43.7. The summed E-state index contributed by atoms with van der Waals surface area (Å²) in [7, 11) is 0. The predicted octanol–water partition coefficient (Wildman–Crippen LogP) is 18.9. The van der Waals surface area contributed by atoms with Crippen LogP contribution in [0.4, 0.5) is 0 Å². The molecule has 380 valence electrons. The van der Waals surface area contributed by atoms with Crippen LogP contribution >= 0.6 is 0 Å². The lowest BCUT2D eigenvalue weighted by atomic mass is 10.0. The minimum atomic E-state index is -0.879. The van der Waals surface area contributed by atoms with E-state index in [9.17, 15) is 15.0 Å². The van der Waals surface area contributed by atoms with Crippen molar-refractivity contribution < 1.29 is 15.0 Å². The molecule has 0 rings (SSSR count). The molecule has 2 unspecified atom stereocenters. The van der Waals surface area contributed by atoms with Crippen LogP contribution in [-0.4, -0.2) is 34.9 Å². The van der Waals surface area contributed by atoms with Crippen LogP contribution in [0.2, 0.25) is 0 Å². The Morgan fingerprint density at radius 3 is 1.06 bits per heavy atom. The minimum absolute atomic E-state index is 0.0833. The van der Waals surface area contributed by atoms with Crippen molar-refractivity contribution in [2.45, 2.75) is 283 Å². The normalized spacial score (nSPS) is 13.6. The third kappa shape index (κ3) is 52.3. The zero-order chi connectivity index (χ0) is 47.7. The molecule has 4 nitrogen and oxygen atoms in total. The van der Waals surface area contributed by atoms with Gasteiger partial charge in [0.25, 0.3) is 0 Å². The van der Waals surface area contributed by atoms with E-state index in [1.54, 1.807) is 6.08 Å². The molecule has 0 bridgehead atoms. The van der Waals surface area contributed by atoms with E-state index < -0.39 is 12.1 Å². The average Bonchev–Trinajstić information content (AvgIpc) is 3.32. The van der Waals surface area contributed by atoms with Gasteiger partial charge in [-0.3, -0.25) is 4.79 Å². The van der Waals surface area contributed by atoms with E-state index in [4.69, 9.17) is 0 Å². The third-order valence-corrected chi connectivity index (χ3v) is 12.5. The number of rotatable bonds is 51. The molecular weight excluding hydrogens is 807 g/mol. The van der Waals surface area contributed by atoms with Crippen molar-refractivity contribution >= 4 is 5.91 Å². The number of aliphatic hydroxyl groups excluding tert-OH is 2. The third-order valence-electron chi connectivity index (χ3n) is 12.5. The van der Waals surface area contributed by atoms with E-state index in [1.807, 2.05) is 6.08 Å². The predicted molar refractivity (Wildman–Crippen MR) is 294 cm³/mol. The highest BCUT2D eigenvalue weighted by Gasteiger charge is 2.18. The topological polar surface area (TPSA) is 69.6 Å². The molecule has 66 heavy (non-hydrogen) atoms. The Bertz CT molecular complexity index is 1220. The van der Waals surface area contributed by atoms with Crippen LogP contribution in [-0.2, 0) is 4.79 Å². The van der Waals surface area contributed by atoms with Crippen molar-refractivity contribution in [1.29, 1.82) is 0 Å². The molecule has 0 aromatic rings. The number of carbonyl (C=O) groups excluding carboxylic acids is 1. The molecule has 0 saturated carbocycles. The van der Waals surface area contributed by atoms with E-state index in [-0.39, 0.29) is 12.5 Å². The maximum absolute atomic E-state index is 12.5. The number of nitrogens with one attached hydrogen (secondary N) is 1. The number of aliphatic hydroxyl groups is 2. The van der Waals surface area contributed by atoms with Gasteiger partial charge in [0.1, 0.15) is 0 Å². The Kier molecular flexibility index (Phi) is 54.3. The number of allylic oxidation sites excluding steroid dienone is 15. The summed E-state index contributed by atoms with van der Waals surface area (Å²) < 4.78 is 0. The van der Waals surface area contributed by atoms with Gasteiger partial charge in [-0.15, -0.1) is 0 Å². The van der Waals surface area contributed by atoms with Crippen molar-refractivity contribution in [2.75, 3.05) is 6.61 Å². The summed E-state index contributed by atoms with van der Waals surface area (Å²) in [6.45, 7) is 4.19. The van der Waals surface area contributed by atoms with Gasteiger partial charge in [0, 0.05) is 6.42 Å². The van der Waals surface area contributed by atoms with Gasteiger partial charge in [-0.05, 0) is 89.9 Å². The summed E-state index contributed by atoms with van der Waals surface area (Å²) in [5.74, 6) is -0.0833. The van der Waals surface area contributed by atoms with Crippen molar-refractivity contribution in [1.82, 2.24) is 5.32 Å². The largest absolute Gasteiger partial charge is 0.394 e. The van der Waals surface area contributed by atoms with Gasteiger partial charge in [-0.1, -0.05) is 272 Å². The molecule has 0 aromatic carbocycles. The van der Waals surface area contributed by atoms with Gasteiger partial charge in [0.2, 0.25) is 5.91 Å². The Balaban J connectivity index is 3.60. The summed E-state index contributed by atoms with van der Waals surface area (Å²) in [5, 5.41) is 23.2. The summed E-state index contributed by atoms with van der Waals surface area (Å²) in [5.41, 5.74) is 0. The molecule has 0 aromatic heterocycles. The van der Waals surface area contributed by atoms with E-state index in [0.717, 1.165) is 70.6 Å². The fraction of sp³-hybridized carbons (Fsp3) is 0.726. The second-order valence-corrected chi connectivity index (χ2v) is 19.0. The fourth-order valence-electron chi connectivity index (χ4n) is 8.24. The van der Waals surface area contributed by atoms with Crippen molar-refractivity contribution in [2.24, 2.45) is 0 Å². The molecule has 0 aliphatic carbocycles. The first kappa shape index (κ1) is 63.3. The second-order valence-electron chi connectivity index (χ2n) is 19.0. The molecule has 0 saturated heterocycles. The number of carbonyl (C=O) groups is 1. The quantitative estimate of drug-likeness (QED) is 0.0421. The molecule has 0 aliphatic rings. The van der Waals surface area contributed by atoms with Gasteiger partial charge in [-0.25, -0.2) is 0 Å². The lowest BCUT2D eigenvalue weighted by Gasteiger charge is -2.19. The van der Waals surface area contributed by atoms with E-state index >= 15 is 0 Å². The van der Waals surface area contributed by atoms with Crippen molar-refractivity contribution in [3.8, 4) is 0 Å². The summed E-state index contributed by atoms with van der Waals surface area (Å²) in [6.07, 6.45) is 84.3. The highest BCUT2D eigenvalue weighted by Crippen LogP contribution is 2.16. The fourth-order valence-corrected chi connectivity index (χ4v) is 8.24. The SMILES string of the molecule is CC/C=C\C/C=C\C/C=C\C/C=C\C/C=C\CCCCCCCCCCCCCC(=O)NC(CO)C(O)/C=C/CC/C=C/CC/C=C/CCCCCCCCCCCCCCCCCCC. The number of hydrogen-bond acceptors (Lipinski definition) is 3.